The van der Waals surface area contributed by atoms with Gasteiger partial charge in [-0.05, 0) is 40.7 Å². The van der Waals surface area contributed by atoms with Crippen molar-refractivity contribution in [1.29, 1.82) is 0 Å². The van der Waals surface area contributed by atoms with Crippen LogP contribution in [0, 0.1) is 6.92 Å². The van der Waals surface area contributed by atoms with Gasteiger partial charge in [-0.25, -0.2) is 4.68 Å². The second-order valence-corrected chi connectivity index (χ2v) is 5.29. The fraction of sp³-hybridized carbons (Fsp3) is 0.769. The molecule has 2 rings (SSSR count). The number of hydrogen-bond donors (Lipinski definition) is 2. The minimum absolute atomic E-state index is 0.511. The van der Waals surface area contributed by atoms with E-state index in [0.717, 1.165) is 36.3 Å². The van der Waals surface area contributed by atoms with Gasteiger partial charge < -0.3 is 11.1 Å². The summed E-state index contributed by atoms with van der Waals surface area (Å²) < 4.78 is 1.94. The van der Waals surface area contributed by atoms with Crippen LogP contribution < -0.4 is 11.1 Å². The number of nitrogens with zero attached hydrogens (tertiary/aromatic N) is 3. The average Bonchev–Trinajstić information content (AvgIpc) is 3.16. The van der Waals surface area contributed by atoms with Gasteiger partial charge in [0.15, 0.2) is 0 Å². The quantitative estimate of drug-likeness (QED) is 0.808. The second kappa shape index (κ2) is 5.18. The van der Waals surface area contributed by atoms with Crippen molar-refractivity contribution in [1.82, 2.24) is 14.7 Å². The summed E-state index contributed by atoms with van der Waals surface area (Å²) in [6.07, 6.45) is 2.68. The summed E-state index contributed by atoms with van der Waals surface area (Å²) in [4.78, 5) is 2.45. The smallest absolute Gasteiger partial charge is 0.148 e. The fourth-order valence-electron chi connectivity index (χ4n) is 2.24. The molecule has 0 aliphatic heterocycles. The largest absolute Gasteiger partial charge is 0.394 e. The van der Waals surface area contributed by atoms with Gasteiger partial charge in [0.1, 0.15) is 5.82 Å². The van der Waals surface area contributed by atoms with Gasteiger partial charge in [0.25, 0.3) is 0 Å². The summed E-state index contributed by atoms with van der Waals surface area (Å²) in [6.45, 7) is 8.03. The molecule has 1 aliphatic carbocycles. The maximum atomic E-state index is 6.05. The molecule has 3 N–H and O–H groups in total. The molecule has 1 unspecified atom stereocenters. The first kappa shape index (κ1) is 13.2. The molecule has 0 aromatic carbocycles. The molecule has 0 bridgehead atoms. The van der Waals surface area contributed by atoms with Gasteiger partial charge in [0.05, 0.1) is 11.4 Å². The first-order valence-corrected chi connectivity index (χ1v) is 6.83. The Morgan fingerprint density at radius 2 is 2.22 bits per heavy atom. The molecule has 1 saturated carbocycles. The lowest BCUT2D eigenvalue weighted by molar-refractivity contribution is 0.257. The molecule has 5 nitrogen and oxygen atoms in total. The summed E-state index contributed by atoms with van der Waals surface area (Å²) in [7, 11) is 2.20. The van der Waals surface area contributed by atoms with Crippen molar-refractivity contribution in [3.63, 3.8) is 0 Å². The minimum Gasteiger partial charge on any atom is -0.394 e. The van der Waals surface area contributed by atoms with Crippen molar-refractivity contribution in [2.45, 2.75) is 52.2 Å². The molecule has 0 amide bonds. The van der Waals surface area contributed by atoms with Gasteiger partial charge >= 0.3 is 0 Å². The Kier molecular flexibility index (Phi) is 3.80. The van der Waals surface area contributed by atoms with Gasteiger partial charge in [-0.2, -0.15) is 5.10 Å². The highest BCUT2D eigenvalue weighted by atomic mass is 15.3. The van der Waals surface area contributed by atoms with Crippen molar-refractivity contribution in [2.75, 3.05) is 24.6 Å². The highest BCUT2D eigenvalue weighted by Gasteiger charge is 2.29. The lowest BCUT2D eigenvalue weighted by Gasteiger charge is -2.25. The number of nitrogen functional groups attached to an aromatic ring is 1. The van der Waals surface area contributed by atoms with Crippen LogP contribution in [-0.2, 0) is 6.54 Å². The highest BCUT2D eigenvalue weighted by Crippen LogP contribution is 2.27. The molecule has 1 aromatic heterocycles. The molecule has 1 heterocycles. The monoisotopic (exact) mass is 251 g/mol. The van der Waals surface area contributed by atoms with Crippen molar-refractivity contribution in [3.05, 3.63) is 5.69 Å². The van der Waals surface area contributed by atoms with Crippen molar-refractivity contribution in [2.24, 2.45) is 0 Å². The van der Waals surface area contributed by atoms with Gasteiger partial charge in [-0.3, -0.25) is 4.90 Å². The van der Waals surface area contributed by atoms with Gasteiger partial charge in [-0.15, -0.1) is 0 Å². The van der Waals surface area contributed by atoms with Gasteiger partial charge in [-0.1, -0.05) is 0 Å². The van der Waals surface area contributed by atoms with Crippen LogP contribution in [0.2, 0.25) is 0 Å². The molecule has 1 aliphatic rings. The molecule has 1 fully saturated rings. The molecule has 0 saturated heterocycles. The number of nitrogens with one attached hydrogen (secondary N) is 1. The topological polar surface area (TPSA) is 59.1 Å². The number of aryl methyl sites for hydroxylation is 2. The van der Waals surface area contributed by atoms with Crippen LogP contribution in [-0.4, -0.2) is 40.4 Å². The van der Waals surface area contributed by atoms with Crippen LogP contribution >= 0.6 is 0 Å². The number of aromatic nitrogens is 2. The molecule has 0 radical (unpaired) electrons. The summed E-state index contributed by atoms with van der Waals surface area (Å²) in [6, 6.07) is 1.30. The molecule has 102 valence electrons. The molecule has 5 heteroatoms. The van der Waals surface area contributed by atoms with Crippen molar-refractivity contribution < 1.29 is 0 Å². The zero-order valence-corrected chi connectivity index (χ0v) is 11.9. The summed E-state index contributed by atoms with van der Waals surface area (Å²) in [5.74, 6) is 0.964. The lowest BCUT2D eigenvalue weighted by atomic mass is 10.3. The third-order valence-corrected chi connectivity index (χ3v) is 3.86. The molecule has 1 aromatic rings. The fourth-order valence-corrected chi connectivity index (χ4v) is 2.24. The van der Waals surface area contributed by atoms with Crippen LogP contribution in [0.4, 0.5) is 11.5 Å². The van der Waals surface area contributed by atoms with E-state index in [1.165, 1.54) is 12.8 Å². The van der Waals surface area contributed by atoms with Crippen LogP contribution in [0.25, 0.3) is 0 Å². The van der Waals surface area contributed by atoms with E-state index in [1.807, 2.05) is 11.6 Å². The van der Waals surface area contributed by atoms with Crippen LogP contribution in [0.1, 0.15) is 32.4 Å². The number of nitrogens with two attached hydrogens (primary N) is 1. The number of likely N-dealkylation sites (N-methyl/N-ethyl adjacent to an activating group) is 1. The summed E-state index contributed by atoms with van der Waals surface area (Å²) in [5.41, 5.74) is 7.74. The van der Waals surface area contributed by atoms with Crippen molar-refractivity contribution in [3.8, 4) is 0 Å². The third-order valence-electron chi connectivity index (χ3n) is 3.86. The second-order valence-electron chi connectivity index (χ2n) is 5.29. The SMILES string of the molecule is CCn1nc(C)c(N)c1NCC(C)N(C)C1CC1. The first-order chi connectivity index (χ1) is 8.54. The van der Waals surface area contributed by atoms with Crippen LogP contribution in [0.5, 0.6) is 0 Å². The van der Waals surface area contributed by atoms with E-state index in [-0.39, 0.29) is 0 Å². The predicted molar refractivity (Wildman–Crippen MR) is 75.8 cm³/mol. The molecular formula is C13H25N5. The minimum atomic E-state index is 0.511. The van der Waals surface area contributed by atoms with E-state index in [1.54, 1.807) is 0 Å². The Hall–Kier alpha value is -1.23. The van der Waals surface area contributed by atoms with Crippen LogP contribution in [0.3, 0.4) is 0 Å². The predicted octanol–water partition coefficient (Wildman–Crippen LogP) is 1.69. The van der Waals surface area contributed by atoms with E-state index in [0.29, 0.717) is 6.04 Å². The van der Waals surface area contributed by atoms with Crippen molar-refractivity contribution >= 4 is 11.5 Å². The normalized spacial score (nSPS) is 17.2. The molecular weight excluding hydrogens is 226 g/mol. The summed E-state index contributed by atoms with van der Waals surface area (Å²) >= 11 is 0. The Balaban J connectivity index is 1.96. The third kappa shape index (κ3) is 2.61. The summed E-state index contributed by atoms with van der Waals surface area (Å²) in [5, 5.41) is 7.86. The van der Waals surface area contributed by atoms with Gasteiger partial charge in [0, 0.05) is 25.2 Å². The zero-order valence-electron chi connectivity index (χ0n) is 11.9. The standard InChI is InChI=1S/C13H25N5/c1-5-18-13(12(14)10(3)16-18)15-8-9(2)17(4)11-6-7-11/h9,11,15H,5-8,14H2,1-4H3. The molecule has 1 atom stereocenters. The Labute approximate surface area is 109 Å². The Morgan fingerprint density at radius 3 is 2.78 bits per heavy atom. The maximum absolute atomic E-state index is 6.05. The molecule has 18 heavy (non-hydrogen) atoms. The molecule has 0 spiro atoms. The Bertz CT molecular complexity index is 408. The zero-order chi connectivity index (χ0) is 13.3. The van der Waals surface area contributed by atoms with E-state index < -0.39 is 0 Å². The van der Waals surface area contributed by atoms with Crippen LogP contribution in [0.15, 0.2) is 0 Å². The Morgan fingerprint density at radius 1 is 1.56 bits per heavy atom. The van der Waals surface area contributed by atoms with E-state index in [9.17, 15) is 0 Å². The van der Waals surface area contributed by atoms with E-state index in [4.69, 9.17) is 5.73 Å². The number of hydrogen-bond acceptors (Lipinski definition) is 4. The lowest BCUT2D eigenvalue weighted by Crippen LogP contribution is -2.36. The van der Waals surface area contributed by atoms with E-state index in [2.05, 4.69) is 36.2 Å². The van der Waals surface area contributed by atoms with E-state index >= 15 is 0 Å². The van der Waals surface area contributed by atoms with Gasteiger partial charge in [0.2, 0.25) is 0 Å². The number of rotatable bonds is 6. The highest BCUT2D eigenvalue weighted by molar-refractivity contribution is 5.64. The first-order valence-electron chi connectivity index (χ1n) is 6.83. The number of anilines is 2. The maximum Gasteiger partial charge on any atom is 0.148 e. The average molecular weight is 251 g/mol.